The lowest BCUT2D eigenvalue weighted by atomic mass is 10.2. The Kier molecular flexibility index (Phi) is 7.77. The van der Waals surface area contributed by atoms with E-state index >= 15 is 0 Å². The molecule has 0 N–H and O–H groups in total. The molecule has 0 aromatic heterocycles. The summed E-state index contributed by atoms with van der Waals surface area (Å²) in [6, 6.07) is 5.84. The van der Waals surface area contributed by atoms with Crippen molar-refractivity contribution in [2.45, 2.75) is 39.3 Å². The van der Waals surface area contributed by atoms with Gasteiger partial charge in [0.25, 0.3) is 0 Å². The van der Waals surface area contributed by atoms with Gasteiger partial charge in [-0.05, 0) is 12.1 Å². The van der Waals surface area contributed by atoms with E-state index in [1.54, 1.807) is 7.11 Å². The SMILES string of the molecule is COc1cc([Si](C)(C)C)ccc1C=O.C[Si](C)(C)CCl. The first-order chi connectivity index (χ1) is 9.05. The minimum Gasteiger partial charge on any atom is -0.496 e. The zero-order valence-electron chi connectivity index (χ0n) is 13.7. The fraction of sp³-hybridized carbons (Fsp3) is 0.533. The molecule has 0 spiro atoms. The molecule has 0 saturated carbocycles. The van der Waals surface area contributed by atoms with Crippen LogP contribution in [-0.2, 0) is 0 Å². The van der Waals surface area contributed by atoms with Crippen LogP contribution in [0.1, 0.15) is 10.4 Å². The fourth-order valence-corrected chi connectivity index (χ4v) is 2.42. The summed E-state index contributed by atoms with van der Waals surface area (Å²) in [5.74, 6) is 0.680. The number of aldehydes is 1. The number of hydrogen-bond acceptors (Lipinski definition) is 2. The van der Waals surface area contributed by atoms with Crippen LogP contribution in [0.15, 0.2) is 18.2 Å². The van der Waals surface area contributed by atoms with Crippen molar-refractivity contribution >= 4 is 39.2 Å². The predicted octanol–water partition coefficient (Wildman–Crippen LogP) is 4.16. The molecule has 0 saturated heterocycles. The van der Waals surface area contributed by atoms with E-state index in [9.17, 15) is 4.79 Å². The van der Waals surface area contributed by atoms with Gasteiger partial charge in [0, 0.05) is 5.50 Å². The van der Waals surface area contributed by atoms with Gasteiger partial charge >= 0.3 is 0 Å². The molecule has 114 valence electrons. The lowest BCUT2D eigenvalue weighted by molar-refractivity contribution is 0.112. The molecule has 0 aliphatic rings. The number of ether oxygens (including phenoxy) is 1. The maximum Gasteiger partial charge on any atom is 0.153 e. The summed E-state index contributed by atoms with van der Waals surface area (Å²) in [6.45, 7) is 13.5. The number of carbonyl (C=O) groups excluding carboxylic acids is 1. The molecule has 0 bridgehead atoms. The highest BCUT2D eigenvalue weighted by molar-refractivity contribution is 6.88. The summed E-state index contributed by atoms with van der Waals surface area (Å²) >= 11 is 5.54. The molecule has 2 nitrogen and oxygen atoms in total. The van der Waals surface area contributed by atoms with Gasteiger partial charge in [-0.15, -0.1) is 11.6 Å². The molecule has 5 heteroatoms. The molecule has 0 amide bonds. The molecule has 20 heavy (non-hydrogen) atoms. The maximum absolute atomic E-state index is 10.7. The smallest absolute Gasteiger partial charge is 0.153 e. The van der Waals surface area contributed by atoms with E-state index in [1.807, 2.05) is 18.2 Å². The highest BCUT2D eigenvalue weighted by Crippen LogP contribution is 2.16. The van der Waals surface area contributed by atoms with Gasteiger partial charge in [-0.25, -0.2) is 0 Å². The van der Waals surface area contributed by atoms with Gasteiger partial charge in [0.1, 0.15) is 5.75 Å². The monoisotopic (exact) mass is 330 g/mol. The van der Waals surface area contributed by atoms with Crippen LogP contribution in [0.3, 0.4) is 0 Å². The van der Waals surface area contributed by atoms with Crippen molar-refractivity contribution in [1.82, 2.24) is 0 Å². The van der Waals surface area contributed by atoms with Gasteiger partial charge in [0.15, 0.2) is 6.29 Å². The molecular weight excluding hydrogens is 304 g/mol. The van der Waals surface area contributed by atoms with Crippen LogP contribution in [0.2, 0.25) is 39.3 Å². The summed E-state index contributed by atoms with van der Waals surface area (Å²) in [5, 5.41) is 1.31. The van der Waals surface area contributed by atoms with E-state index in [0.29, 0.717) is 11.3 Å². The van der Waals surface area contributed by atoms with Gasteiger partial charge in [0.05, 0.1) is 28.8 Å². The van der Waals surface area contributed by atoms with E-state index in [1.165, 1.54) is 5.19 Å². The van der Waals surface area contributed by atoms with E-state index in [-0.39, 0.29) is 0 Å². The lowest BCUT2D eigenvalue weighted by Gasteiger charge is -2.17. The minimum absolute atomic E-state index is 0.620. The minimum atomic E-state index is -1.31. The lowest BCUT2D eigenvalue weighted by Crippen LogP contribution is -2.37. The van der Waals surface area contributed by atoms with E-state index in [0.717, 1.165) is 11.8 Å². The first-order valence-corrected chi connectivity index (χ1v) is 14.5. The van der Waals surface area contributed by atoms with Crippen molar-refractivity contribution < 1.29 is 9.53 Å². The van der Waals surface area contributed by atoms with Gasteiger partial charge in [0.2, 0.25) is 0 Å². The van der Waals surface area contributed by atoms with Crippen LogP contribution in [0.5, 0.6) is 5.75 Å². The molecule has 1 aromatic rings. The molecule has 0 aliphatic carbocycles. The quantitative estimate of drug-likeness (QED) is 0.471. The molecule has 0 unspecified atom stereocenters. The number of methoxy groups -OCH3 is 1. The molecule has 1 aromatic carbocycles. The van der Waals surface area contributed by atoms with Crippen molar-refractivity contribution in [3.05, 3.63) is 23.8 Å². The zero-order valence-corrected chi connectivity index (χ0v) is 16.5. The molecule has 0 radical (unpaired) electrons. The van der Waals surface area contributed by atoms with E-state index < -0.39 is 16.1 Å². The van der Waals surface area contributed by atoms with Crippen LogP contribution in [0, 0.1) is 0 Å². The zero-order chi connectivity index (χ0) is 16.0. The highest BCUT2D eigenvalue weighted by Gasteiger charge is 2.17. The molecule has 0 fully saturated rings. The summed E-state index contributed by atoms with van der Waals surface area (Å²) in [5.41, 5.74) is 1.50. The first-order valence-electron chi connectivity index (χ1n) is 6.75. The second kappa shape index (κ2) is 8.00. The number of carbonyl (C=O) groups is 1. The highest BCUT2D eigenvalue weighted by atomic mass is 35.5. The standard InChI is InChI=1S/C11H16O2Si.C4H11ClSi/c1-13-11-7-10(14(2,3)4)6-5-9(11)8-12;1-6(2,3)4-5/h5-8H,1-4H3;4H2,1-3H3. The van der Waals surface area contributed by atoms with Crippen molar-refractivity contribution in [3.8, 4) is 5.75 Å². The van der Waals surface area contributed by atoms with Crippen LogP contribution < -0.4 is 9.92 Å². The predicted molar refractivity (Wildman–Crippen MR) is 95.4 cm³/mol. The molecule has 0 aliphatic heterocycles. The van der Waals surface area contributed by atoms with E-state index in [2.05, 4.69) is 39.3 Å². The first kappa shape index (κ1) is 19.4. The van der Waals surface area contributed by atoms with Crippen molar-refractivity contribution in [2.24, 2.45) is 0 Å². The van der Waals surface area contributed by atoms with Gasteiger partial charge in [-0.2, -0.15) is 0 Å². The van der Waals surface area contributed by atoms with E-state index in [4.69, 9.17) is 16.3 Å². The van der Waals surface area contributed by atoms with Crippen molar-refractivity contribution in [2.75, 3.05) is 12.6 Å². The third kappa shape index (κ3) is 7.26. The average Bonchev–Trinajstić information content (AvgIpc) is 2.36. The Labute approximate surface area is 130 Å². The Morgan fingerprint density at radius 1 is 1.15 bits per heavy atom. The Hall–Kier alpha value is -0.586. The summed E-state index contributed by atoms with van der Waals surface area (Å²) < 4.78 is 5.16. The maximum atomic E-state index is 10.7. The Bertz CT molecular complexity index is 434. The average molecular weight is 331 g/mol. The largest absolute Gasteiger partial charge is 0.496 e. The number of hydrogen-bond donors (Lipinski definition) is 0. The van der Waals surface area contributed by atoms with Gasteiger partial charge in [-0.3, -0.25) is 4.79 Å². The number of rotatable bonds is 4. The summed E-state index contributed by atoms with van der Waals surface area (Å²) in [6.07, 6.45) is 0.826. The van der Waals surface area contributed by atoms with Crippen LogP contribution in [-0.4, -0.2) is 35.0 Å². The molecule has 0 heterocycles. The third-order valence-electron chi connectivity index (χ3n) is 2.63. The summed E-state index contributed by atoms with van der Waals surface area (Å²) in [4.78, 5) is 10.7. The van der Waals surface area contributed by atoms with Gasteiger partial charge < -0.3 is 4.74 Å². The molecule has 0 atom stereocenters. The molecule has 1 rings (SSSR count). The van der Waals surface area contributed by atoms with Crippen molar-refractivity contribution in [1.29, 1.82) is 0 Å². The second-order valence-electron chi connectivity index (χ2n) is 7.02. The van der Waals surface area contributed by atoms with Crippen LogP contribution in [0.25, 0.3) is 0 Å². The Balaban J connectivity index is 0.000000511. The second-order valence-corrected chi connectivity index (χ2v) is 18.3. The van der Waals surface area contributed by atoms with Gasteiger partial charge in [-0.1, -0.05) is 50.5 Å². The topological polar surface area (TPSA) is 26.3 Å². The molecular formula is C15H27ClO2Si2. The normalized spacial score (nSPS) is 11.4. The number of halogens is 1. The fourth-order valence-electron chi connectivity index (χ4n) is 1.28. The number of benzene rings is 1. The third-order valence-corrected chi connectivity index (χ3v) is 7.88. The van der Waals surface area contributed by atoms with Crippen molar-refractivity contribution in [3.63, 3.8) is 0 Å². The van der Waals surface area contributed by atoms with Crippen LogP contribution in [0.4, 0.5) is 0 Å². The Morgan fingerprint density at radius 2 is 1.65 bits per heavy atom. The van der Waals surface area contributed by atoms with Crippen LogP contribution >= 0.6 is 11.6 Å². The Morgan fingerprint density at radius 3 is 1.95 bits per heavy atom. The summed E-state index contributed by atoms with van der Waals surface area (Å²) in [7, 11) is -0.585. The number of alkyl halides is 1.